The van der Waals surface area contributed by atoms with Gasteiger partial charge in [0, 0.05) is 41.4 Å². The number of anilines is 4. The standard InChI is InChI=1S/C41H48N2O2/c1-3-27-44-29-15-7-13-25-41(26-14-8-16-30-45-28-4-2)39-31-35(42-33-17-9-5-10-18-33)21-23-37(39)38-24-22-36(32-40(38)41)43-34-19-11-6-12-20-34/h3-6,9-12,17-24,31-32,42-43H,1-2,7-8,13-16,25-30H2. The average molecular weight is 601 g/mol. The summed E-state index contributed by atoms with van der Waals surface area (Å²) in [5.41, 5.74) is 10.0. The molecule has 234 valence electrons. The third-order valence-corrected chi connectivity index (χ3v) is 8.74. The van der Waals surface area contributed by atoms with Crippen molar-refractivity contribution in [3.8, 4) is 11.1 Å². The topological polar surface area (TPSA) is 42.5 Å². The van der Waals surface area contributed by atoms with E-state index in [9.17, 15) is 0 Å². The first kappa shape index (κ1) is 32.3. The summed E-state index contributed by atoms with van der Waals surface area (Å²) in [4.78, 5) is 0. The van der Waals surface area contributed by atoms with Crippen LogP contribution in [0.25, 0.3) is 11.1 Å². The highest BCUT2D eigenvalue weighted by Gasteiger charge is 2.42. The van der Waals surface area contributed by atoms with Crippen LogP contribution in [0.3, 0.4) is 0 Å². The van der Waals surface area contributed by atoms with Gasteiger partial charge in [-0.15, -0.1) is 13.2 Å². The van der Waals surface area contributed by atoms with Gasteiger partial charge in [0.15, 0.2) is 0 Å². The van der Waals surface area contributed by atoms with Crippen LogP contribution in [0, 0.1) is 0 Å². The fraction of sp³-hybridized carbons (Fsp3) is 0.317. The Labute approximate surface area is 270 Å². The third-order valence-electron chi connectivity index (χ3n) is 8.74. The van der Waals surface area contributed by atoms with Crippen molar-refractivity contribution in [2.24, 2.45) is 0 Å². The second-order valence-corrected chi connectivity index (χ2v) is 11.9. The summed E-state index contributed by atoms with van der Waals surface area (Å²) in [6.45, 7) is 10.4. The van der Waals surface area contributed by atoms with Gasteiger partial charge in [-0.3, -0.25) is 0 Å². The van der Waals surface area contributed by atoms with Crippen LogP contribution in [-0.4, -0.2) is 26.4 Å². The first-order chi connectivity index (χ1) is 22.2. The molecule has 1 aliphatic rings. The van der Waals surface area contributed by atoms with Crippen molar-refractivity contribution in [2.75, 3.05) is 37.1 Å². The minimum Gasteiger partial charge on any atom is -0.377 e. The van der Waals surface area contributed by atoms with Crippen LogP contribution < -0.4 is 10.6 Å². The fourth-order valence-corrected chi connectivity index (χ4v) is 6.64. The summed E-state index contributed by atoms with van der Waals surface area (Å²) in [5, 5.41) is 7.35. The van der Waals surface area contributed by atoms with Gasteiger partial charge in [-0.2, -0.15) is 0 Å². The number of fused-ring (bicyclic) bond motifs is 3. The monoisotopic (exact) mass is 600 g/mol. The minimum absolute atomic E-state index is 0.0721. The van der Waals surface area contributed by atoms with Gasteiger partial charge in [-0.25, -0.2) is 0 Å². The van der Waals surface area contributed by atoms with Crippen LogP contribution in [0.15, 0.2) is 122 Å². The fourth-order valence-electron chi connectivity index (χ4n) is 6.64. The number of unbranched alkanes of at least 4 members (excludes halogenated alkanes) is 4. The summed E-state index contributed by atoms with van der Waals surface area (Å²) >= 11 is 0. The maximum Gasteiger partial charge on any atom is 0.0644 e. The van der Waals surface area contributed by atoms with E-state index in [0.717, 1.165) is 87.3 Å². The molecule has 45 heavy (non-hydrogen) atoms. The minimum atomic E-state index is -0.0721. The lowest BCUT2D eigenvalue weighted by Gasteiger charge is -2.33. The summed E-state index contributed by atoms with van der Waals surface area (Å²) in [7, 11) is 0. The van der Waals surface area contributed by atoms with Gasteiger partial charge in [0.2, 0.25) is 0 Å². The molecular weight excluding hydrogens is 552 g/mol. The lowest BCUT2D eigenvalue weighted by atomic mass is 9.70. The zero-order valence-electron chi connectivity index (χ0n) is 26.6. The maximum atomic E-state index is 5.70. The van der Waals surface area contributed by atoms with Crippen molar-refractivity contribution in [3.63, 3.8) is 0 Å². The van der Waals surface area contributed by atoms with Gasteiger partial charge in [0.25, 0.3) is 0 Å². The van der Waals surface area contributed by atoms with Gasteiger partial charge >= 0.3 is 0 Å². The molecule has 4 nitrogen and oxygen atoms in total. The molecule has 4 heteroatoms. The molecule has 0 unspecified atom stereocenters. The van der Waals surface area contributed by atoms with Crippen molar-refractivity contribution in [1.82, 2.24) is 0 Å². The Kier molecular flexibility index (Phi) is 12.1. The molecule has 0 saturated carbocycles. The first-order valence-electron chi connectivity index (χ1n) is 16.5. The molecule has 0 spiro atoms. The summed E-state index contributed by atoms with van der Waals surface area (Å²) in [6, 6.07) is 34.9. The van der Waals surface area contributed by atoms with E-state index in [1.807, 2.05) is 12.2 Å². The molecule has 5 rings (SSSR count). The largest absolute Gasteiger partial charge is 0.377 e. The molecule has 0 aromatic heterocycles. The first-order valence-corrected chi connectivity index (χ1v) is 16.5. The second kappa shape index (κ2) is 16.8. The number of nitrogens with one attached hydrogen (secondary N) is 2. The molecule has 0 atom stereocenters. The van der Waals surface area contributed by atoms with Crippen LogP contribution in [0.5, 0.6) is 0 Å². The number of para-hydroxylation sites is 2. The van der Waals surface area contributed by atoms with Crippen LogP contribution in [-0.2, 0) is 14.9 Å². The molecule has 0 fully saturated rings. The molecule has 0 heterocycles. The number of hydrogen-bond donors (Lipinski definition) is 2. The smallest absolute Gasteiger partial charge is 0.0644 e. The average Bonchev–Trinajstić information content (AvgIpc) is 3.33. The van der Waals surface area contributed by atoms with Crippen molar-refractivity contribution in [1.29, 1.82) is 0 Å². The van der Waals surface area contributed by atoms with Crippen molar-refractivity contribution < 1.29 is 9.47 Å². The Bertz CT molecular complexity index is 1380. The normalized spacial score (nSPS) is 12.7. The molecule has 1 aliphatic carbocycles. The molecule has 0 radical (unpaired) electrons. The van der Waals surface area contributed by atoms with Gasteiger partial charge in [-0.1, -0.05) is 86.4 Å². The predicted molar refractivity (Wildman–Crippen MR) is 191 cm³/mol. The Morgan fingerprint density at radius 2 is 0.956 bits per heavy atom. The highest BCUT2D eigenvalue weighted by atomic mass is 16.5. The van der Waals surface area contributed by atoms with Crippen LogP contribution in [0.4, 0.5) is 22.7 Å². The third kappa shape index (κ3) is 8.54. The Balaban J connectivity index is 1.47. The number of hydrogen-bond acceptors (Lipinski definition) is 4. The van der Waals surface area contributed by atoms with E-state index in [4.69, 9.17) is 9.47 Å². The van der Waals surface area contributed by atoms with Gasteiger partial charge < -0.3 is 20.1 Å². The van der Waals surface area contributed by atoms with Crippen LogP contribution in [0.1, 0.15) is 62.5 Å². The van der Waals surface area contributed by atoms with E-state index in [1.165, 1.54) is 22.3 Å². The maximum absolute atomic E-state index is 5.70. The van der Waals surface area contributed by atoms with Gasteiger partial charge in [0.05, 0.1) is 13.2 Å². The highest BCUT2D eigenvalue weighted by Crippen LogP contribution is 2.55. The van der Waals surface area contributed by atoms with E-state index in [2.05, 4.69) is 121 Å². The quantitative estimate of drug-likeness (QED) is 0.0782. The Hall–Kier alpha value is -4.12. The Morgan fingerprint density at radius 3 is 1.38 bits per heavy atom. The van der Waals surface area contributed by atoms with E-state index >= 15 is 0 Å². The molecule has 0 aliphatic heterocycles. The number of benzene rings is 4. The van der Waals surface area contributed by atoms with E-state index in [1.54, 1.807) is 0 Å². The van der Waals surface area contributed by atoms with Crippen molar-refractivity contribution in [2.45, 2.75) is 56.8 Å². The molecule has 0 saturated heterocycles. The molecule has 4 aromatic carbocycles. The number of ether oxygens (including phenoxy) is 2. The van der Waals surface area contributed by atoms with Crippen LogP contribution >= 0.6 is 0 Å². The van der Waals surface area contributed by atoms with E-state index in [0.29, 0.717) is 13.2 Å². The lowest BCUT2D eigenvalue weighted by Crippen LogP contribution is -2.26. The summed E-state index contributed by atoms with van der Waals surface area (Å²) in [6.07, 6.45) is 12.6. The lowest BCUT2D eigenvalue weighted by molar-refractivity contribution is 0.155. The van der Waals surface area contributed by atoms with Crippen LogP contribution in [0.2, 0.25) is 0 Å². The van der Waals surface area contributed by atoms with Crippen molar-refractivity contribution in [3.05, 3.63) is 133 Å². The molecular formula is C41H48N2O2. The summed E-state index contributed by atoms with van der Waals surface area (Å²) < 4.78 is 11.4. The molecule has 0 amide bonds. The zero-order chi connectivity index (χ0) is 31.2. The summed E-state index contributed by atoms with van der Waals surface area (Å²) in [5.74, 6) is 0. The zero-order valence-corrected chi connectivity index (χ0v) is 26.6. The highest BCUT2D eigenvalue weighted by molar-refractivity contribution is 5.85. The number of rotatable bonds is 20. The Morgan fingerprint density at radius 1 is 0.511 bits per heavy atom. The molecule has 2 N–H and O–H groups in total. The second-order valence-electron chi connectivity index (χ2n) is 11.9. The van der Waals surface area contributed by atoms with E-state index < -0.39 is 0 Å². The predicted octanol–water partition coefficient (Wildman–Crippen LogP) is 11.0. The van der Waals surface area contributed by atoms with Gasteiger partial charge in [-0.05, 0) is 96.5 Å². The van der Waals surface area contributed by atoms with E-state index in [-0.39, 0.29) is 5.41 Å². The van der Waals surface area contributed by atoms with Crippen molar-refractivity contribution >= 4 is 22.7 Å². The molecule has 4 aromatic rings. The SMILES string of the molecule is C=CCOCCCCCC1(CCCCCOCC=C)c2cc(Nc3ccccc3)ccc2-c2ccc(Nc3ccccc3)cc21. The molecule has 0 bridgehead atoms. The van der Waals surface area contributed by atoms with Gasteiger partial charge in [0.1, 0.15) is 0 Å².